The van der Waals surface area contributed by atoms with Crippen molar-refractivity contribution in [2.45, 2.75) is 25.9 Å². The summed E-state index contributed by atoms with van der Waals surface area (Å²) in [5.74, 6) is 0. The van der Waals surface area contributed by atoms with Crippen molar-refractivity contribution in [1.82, 2.24) is 5.32 Å². The number of nitrogens with one attached hydrogen (secondary N) is 1. The molecule has 0 aromatic heterocycles. The van der Waals surface area contributed by atoms with Gasteiger partial charge in [-0.15, -0.1) is 0 Å². The van der Waals surface area contributed by atoms with Crippen LogP contribution in [0, 0.1) is 11.3 Å². The maximum Gasteiger partial charge on any atom is 0.0991 e. The molecule has 0 radical (unpaired) electrons. The first-order valence-corrected chi connectivity index (χ1v) is 7.57. The van der Waals surface area contributed by atoms with Crippen LogP contribution >= 0.6 is 23.2 Å². The number of nitrogens with zero attached hydrogens (tertiary/aromatic N) is 1. The molecule has 2 aromatic carbocycles. The van der Waals surface area contributed by atoms with E-state index in [1.165, 1.54) is 0 Å². The van der Waals surface area contributed by atoms with Gasteiger partial charge < -0.3 is 5.32 Å². The number of rotatable bonds is 5. The normalized spacial score (nSPS) is 11.9. The molecule has 0 saturated carbocycles. The third-order valence-electron chi connectivity index (χ3n) is 3.39. The summed E-state index contributed by atoms with van der Waals surface area (Å²) in [4.78, 5) is 0. The summed E-state index contributed by atoms with van der Waals surface area (Å²) >= 11 is 12.0. The van der Waals surface area contributed by atoms with Crippen LogP contribution in [-0.4, -0.2) is 0 Å². The molecule has 0 amide bonds. The fourth-order valence-corrected chi connectivity index (χ4v) is 2.47. The molecule has 2 rings (SSSR count). The van der Waals surface area contributed by atoms with Gasteiger partial charge in [0.05, 0.1) is 21.7 Å². The van der Waals surface area contributed by atoms with E-state index in [1.54, 1.807) is 0 Å². The summed E-state index contributed by atoms with van der Waals surface area (Å²) in [6, 6.07) is 15.7. The van der Waals surface area contributed by atoms with E-state index >= 15 is 0 Å². The first-order valence-electron chi connectivity index (χ1n) is 6.81. The summed E-state index contributed by atoms with van der Waals surface area (Å²) in [6.45, 7) is 2.86. The van der Waals surface area contributed by atoms with Gasteiger partial charge in [-0.05, 0) is 41.8 Å². The van der Waals surface area contributed by atoms with Crippen molar-refractivity contribution in [3.05, 3.63) is 69.2 Å². The first kappa shape index (κ1) is 15.9. The van der Waals surface area contributed by atoms with E-state index in [9.17, 15) is 0 Å². The Hall–Kier alpha value is -1.53. The average Bonchev–Trinajstić information content (AvgIpc) is 2.52. The van der Waals surface area contributed by atoms with Gasteiger partial charge in [0, 0.05) is 12.6 Å². The van der Waals surface area contributed by atoms with Gasteiger partial charge in [0.1, 0.15) is 0 Å². The molecule has 0 saturated heterocycles. The molecular weight excluding hydrogens is 303 g/mol. The van der Waals surface area contributed by atoms with Crippen LogP contribution in [0.4, 0.5) is 0 Å². The summed E-state index contributed by atoms with van der Waals surface area (Å²) < 4.78 is 0. The summed E-state index contributed by atoms with van der Waals surface area (Å²) in [6.07, 6.45) is 0.953. The van der Waals surface area contributed by atoms with Gasteiger partial charge in [0.25, 0.3) is 0 Å². The van der Waals surface area contributed by atoms with Crippen molar-refractivity contribution >= 4 is 23.2 Å². The molecule has 2 nitrogen and oxygen atoms in total. The largest absolute Gasteiger partial charge is 0.306 e. The number of benzene rings is 2. The standard InChI is InChI=1S/C17H16Cl2N2/c1-2-17(14-7-8-15(18)16(19)9-14)21-11-13-5-3-12(10-20)4-6-13/h3-9,17,21H,2,11H2,1H3. The lowest BCUT2D eigenvalue weighted by atomic mass is 10.0. The van der Waals surface area contributed by atoms with Gasteiger partial charge in [-0.1, -0.05) is 48.3 Å². The van der Waals surface area contributed by atoms with Crippen molar-refractivity contribution < 1.29 is 0 Å². The second kappa shape index (κ2) is 7.47. The number of halogens is 2. The van der Waals surface area contributed by atoms with Crippen molar-refractivity contribution in [2.75, 3.05) is 0 Å². The minimum Gasteiger partial charge on any atom is -0.306 e. The summed E-state index contributed by atoms with van der Waals surface area (Å²) in [5.41, 5.74) is 2.95. The van der Waals surface area contributed by atoms with E-state index in [0.29, 0.717) is 15.6 Å². The van der Waals surface area contributed by atoms with Crippen LogP contribution in [0.1, 0.15) is 36.1 Å². The number of hydrogen-bond donors (Lipinski definition) is 1. The molecule has 0 spiro atoms. The Morgan fingerprint density at radius 3 is 2.38 bits per heavy atom. The van der Waals surface area contributed by atoms with E-state index in [-0.39, 0.29) is 6.04 Å². The molecule has 108 valence electrons. The van der Waals surface area contributed by atoms with Crippen LogP contribution in [-0.2, 0) is 6.54 Å². The molecule has 0 aliphatic heterocycles. The van der Waals surface area contributed by atoms with Crippen LogP contribution in [0.15, 0.2) is 42.5 Å². The molecule has 1 N–H and O–H groups in total. The highest BCUT2D eigenvalue weighted by Gasteiger charge is 2.10. The van der Waals surface area contributed by atoms with Gasteiger partial charge in [-0.25, -0.2) is 0 Å². The van der Waals surface area contributed by atoms with Crippen LogP contribution in [0.5, 0.6) is 0 Å². The third-order valence-corrected chi connectivity index (χ3v) is 4.13. The molecule has 0 aliphatic rings. The fourth-order valence-electron chi connectivity index (χ4n) is 2.17. The molecule has 0 aliphatic carbocycles. The zero-order valence-electron chi connectivity index (χ0n) is 11.7. The molecule has 1 atom stereocenters. The predicted octanol–water partition coefficient (Wildman–Crippen LogP) is 5.11. The lowest BCUT2D eigenvalue weighted by Crippen LogP contribution is -2.20. The zero-order chi connectivity index (χ0) is 15.2. The Labute approximate surface area is 135 Å². The minimum absolute atomic E-state index is 0.218. The van der Waals surface area contributed by atoms with Gasteiger partial charge in [-0.3, -0.25) is 0 Å². The van der Waals surface area contributed by atoms with Crippen molar-refractivity contribution in [1.29, 1.82) is 5.26 Å². The molecule has 0 heterocycles. The van der Waals surface area contributed by atoms with E-state index in [4.69, 9.17) is 28.5 Å². The Morgan fingerprint density at radius 1 is 1.10 bits per heavy atom. The first-order chi connectivity index (χ1) is 10.1. The number of nitriles is 1. The van der Waals surface area contributed by atoms with Crippen LogP contribution < -0.4 is 5.32 Å². The highest BCUT2D eigenvalue weighted by atomic mass is 35.5. The molecular formula is C17H16Cl2N2. The predicted molar refractivity (Wildman–Crippen MR) is 87.5 cm³/mol. The minimum atomic E-state index is 0.218. The molecule has 1 unspecified atom stereocenters. The van der Waals surface area contributed by atoms with E-state index in [2.05, 4.69) is 18.3 Å². The average molecular weight is 319 g/mol. The number of hydrogen-bond acceptors (Lipinski definition) is 2. The fraction of sp³-hybridized carbons (Fsp3) is 0.235. The van der Waals surface area contributed by atoms with Crippen LogP contribution in [0.2, 0.25) is 10.0 Å². The molecule has 21 heavy (non-hydrogen) atoms. The Morgan fingerprint density at radius 2 is 1.81 bits per heavy atom. The van der Waals surface area contributed by atoms with Gasteiger partial charge >= 0.3 is 0 Å². The van der Waals surface area contributed by atoms with E-state index in [0.717, 1.165) is 24.1 Å². The molecule has 2 aromatic rings. The van der Waals surface area contributed by atoms with Crippen molar-refractivity contribution in [3.8, 4) is 6.07 Å². The van der Waals surface area contributed by atoms with Crippen LogP contribution in [0.25, 0.3) is 0 Å². The van der Waals surface area contributed by atoms with Gasteiger partial charge in [0.2, 0.25) is 0 Å². The smallest absolute Gasteiger partial charge is 0.0991 e. The maximum absolute atomic E-state index is 8.79. The molecule has 0 fully saturated rings. The Bertz CT molecular complexity index is 645. The SMILES string of the molecule is CCC(NCc1ccc(C#N)cc1)c1ccc(Cl)c(Cl)c1. The maximum atomic E-state index is 8.79. The molecule has 4 heteroatoms. The Balaban J connectivity index is 2.04. The van der Waals surface area contributed by atoms with Crippen LogP contribution in [0.3, 0.4) is 0 Å². The Kier molecular flexibility index (Phi) is 5.64. The zero-order valence-corrected chi connectivity index (χ0v) is 13.2. The van der Waals surface area contributed by atoms with E-state index < -0.39 is 0 Å². The monoisotopic (exact) mass is 318 g/mol. The topological polar surface area (TPSA) is 35.8 Å². The lowest BCUT2D eigenvalue weighted by molar-refractivity contribution is 0.519. The van der Waals surface area contributed by atoms with Crippen molar-refractivity contribution in [3.63, 3.8) is 0 Å². The second-order valence-electron chi connectivity index (χ2n) is 4.82. The highest BCUT2D eigenvalue weighted by Crippen LogP contribution is 2.27. The van der Waals surface area contributed by atoms with Gasteiger partial charge in [-0.2, -0.15) is 5.26 Å². The summed E-state index contributed by atoms with van der Waals surface area (Å²) in [7, 11) is 0. The molecule has 0 bridgehead atoms. The van der Waals surface area contributed by atoms with E-state index in [1.807, 2.05) is 42.5 Å². The highest BCUT2D eigenvalue weighted by molar-refractivity contribution is 6.42. The van der Waals surface area contributed by atoms with Crippen molar-refractivity contribution in [2.24, 2.45) is 0 Å². The second-order valence-corrected chi connectivity index (χ2v) is 5.64. The summed E-state index contributed by atoms with van der Waals surface area (Å²) in [5, 5.41) is 13.4. The van der Waals surface area contributed by atoms with Gasteiger partial charge in [0.15, 0.2) is 0 Å². The quantitative estimate of drug-likeness (QED) is 0.831. The third kappa shape index (κ3) is 4.22. The lowest BCUT2D eigenvalue weighted by Gasteiger charge is -2.18.